The highest BCUT2D eigenvalue weighted by atomic mass is 16.4. The van der Waals surface area contributed by atoms with Crippen molar-refractivity contribution in [2.45, 2.75) is 45.7 Å². The monoisotopic (exact) mass is 226 g/mol. The van der Waals surface area contributed by atoms with Crippen molar-refractivity contribution < 1.29 is 9.90 Å². The Morgan fingerprint density at radius 3 is 2.50 bits per heavy atom. The van der Waals surface area contributed by atoms with Gasteiger partial charge in [0.1, 0.15) is 0 Å². The standard InChI is InChI=1S/C12H22N2O2/c1-6-10(2)13-8-7-9-14(11(15)16)12(3,4)5/h1,10,13H,7-9H2,2-5H3,(H,15,16). The first-order valence-electron chi connectivity index (χ1n) is 5.49. The van der Waals surface area contributed by atoms with Gasteiger partial charge >= 0.3 is 6.09 Å². The molecule has 1 amide bonds. The summed E-state index contributed by atoms with van der Waals surface area (Å²) in [6.45, 7) is 8.81. The molecule has 0 aliphatic rings. The Labute approximate surface area is 98.0 Å². The van der Waals surface area contributed by atoms with E-state index in [2.05, 4.69) is 11.2 Å². The van der Waals surface area contributed by atoms with Gasteiger partial charge in [0.15, 0.2) is 0 Å². The van der Waals surface area contributed by atoms with E-state index < -0.39 is 6.09 Å². The summed E-state index contributed by atoms with van der Waals surface area (Å²) in [6, 6.07) is 0.0351. The molecular formula is C12H22N2O2. The minimum absolute atomic E-state index is 0.0351. The quantitative estimate of drug-likeness (QED) is 0.555. The zero-order valence-electron chi connectivity index (χ0n) is 10.6. The predicted octanol–water partition coefficient (Wildman–Crippen LogP) is 1.77. The highest BCUT2D eigenvalue weighted by Crippen LogP contribution is 2.13. The summed E-state index contributed by atoms with van der Waals surface area (Å²) >= 11 is 0. The second kappa shape index (κ2) is 6.39. The van der Waals surface area contributed by atoms with Crippen LogP contribution in [0.25, 0.3) is 0 Å². The van der Waals surface area contributed by atoms with Gasteiger partial charge in [0.2, 0.25) is 0 Å². The van der Waals surface area contributed by atoms with E-state index in [0.717, 1.165) is 13.0 Å². The summed E-state index contributed by atoms with van der Waals surface area (Å²) in [7, 11) is 0. The predicted molar refractivity (Wildman–Crippen MR) is 65.4 cm³/mol. The molecule has 0 bridgehead atoms. The van der Waals surface area contributed by atoms with Gasteiger partial charge in [-0.05, 0) is 40.7 Å². The van der Waals surface area contributed by atoms with Crippen molar-refractivity contribution in [3.63, 3.8) is 0 Å². The molecule has 0 aromatic heterocycles. The molecule has 0 aromatic rings. The molecule has 0 aromatic carbocycles. The van der Waals surface area contributed by atoms with Crippen LogP contribution in [0.15, 0.2) is 0 Å². The van der Waals surface area contributed by atoms with Crippen molar-refractivity contribution in [1.82, 2.24) is 10.2 Å². The minimum Gasteiger partial charge on any atom is -0.465 e. The maximum absolute atomic E-state index is 11.0. The zero-order chi connectivity index (χ0) is 12.8. The van der Waals surface area contributed by atoms with Crippen LogP contribution in [0, 0.1) is 12.3 Å². The molecule has 0 aliphatic heterocycles. The van der Waals surface area contributed by atoms with E-state index in [1.807, 2.05) is 27.7 Å². The van der Waals surface area contributed by atoms with Crippen LogP contribution in [0.5, 0.6) is 0 Å². The Bertz CT molecular complexity index is 263. The number of rotatable bonds is 5. The molecule has 0 aliphatic carbocycles. The Balaban J connectivity index is 3.98. The molecule has 0 heterocycles. The lowest BCUT2D eigenvalue weighted by molar-refractivity contribution is 0.0995. The molecule has 16 heavy (non-hydrogen) atoms. The minimum atomic E-state index is -0.877. The molecule has 0 saturated carbocycles. The Morgan fingerprint density at radius 1 is 1.56 bits per heavy atom. The van der Waals surface area contributed by atoms with E-state index in [-0.39, 0.29) is 11.6 Å². The van der Waals surface area contributed by atoms with Gasteiger partial charge in [-0.25, -0.2) is 4.79 Å². The Kier molecular flexibility index (Phi) is 5.91. The number of hydrogen-bond acceptors (Lipinski definition) is 2. The molecule has 1 unspecified atom stereocenters. The van der Waals surface area contributed by atoms with Gasteiger partial charge in [-0.1, -0.05) is 5.92 Å². The van der Waals surface area contributed by atoms with Crippen LogP contribution in [0.1, 0.15) is 34.1 Å². The number of terminal acetylenes is 1. The fourth-order valence-electron chi connectivity index (χ4n) is 1.33. The van der Waals surface area contributed by atoms with Crippen molar-refractivity contribution in [1.29, 1.82) is 0 Å². The highest BCUT2D eigenvalue weighted by Gasteiger charge is 2.25. The van der Waals surface area contributed by atoms with Gasteiger partial charge < -0.3 is 15.3 Å². The molecule has 4 heteroatoms. The molecule has 0 saturated heterocycles. The summed E-state index contributed by atoms with van der Waals surface area (Å²) in [4.78, 5) is 12.4. The van der Waals surface area contributed by atoms with Crippen LogP contribution in [0.3, 0.4) is 0 Å². The molecule has 2 N–H and O–H groups in total. The fourth-order valence-corrected chi connectivity index (χ4v) is 1.33. The van der Waals surface area contributed by atoms with Gasteiger partial charge in [0, 0.05) is 12.1 Å². The number of hydrogen-bond donors (Lipinski definition) is 2. The third-order valence-corrected chi connectivity index (χ3v) is 2.30. The summed E-state index contributed by atoms with van der Waals surface area (Å²) < 4.78 is 0. The molecule has 0 fully saturated rings. The summed E-state index contributed by atoms with van der Waals surface area (Å²) in [5, 5.41) is 12.2. The lowest BCUT2D eigenvalue weighted by Crippen LogP contribution is -2.46. The van der Waals surface area contributed by atoms with Crippen molar-refractivity contribution in [3.05, 3.63) is 0 Å². The lowest BCUT2D eigenvalue weighted by atomic mass is 10.1. The zero-order valence-corrected chi connectivity index (χ0v) is 10.6. The highest BCUT2D eigenvalue weighted by molar-refractivity contribution is 5.65. The molecule has 0 spiro atoms. The van der Waals surface area contributed by atoms with Crippen LogP contribution in [0.4, 0.5) is 4.79 Å². The van der Waals surface area contributed by atoms with E-state index in [1.54, 1.807) is 0 Å². The average Bonchev–Trinajstić information content (AvgIpc) is 2.14. The Hall–Kier alpha value is -1.21. The van der Waals surface area contributed by atoms with Crippen molar-refractivity contribution in [3.8, 4) is 12.3 Å². The molecular weight excluding hydrogens is 204 g/mol. The maximum atomic E-state index is 11.0. The van der Waals surface area contributed by atoms with Crippen molar-refractivity contribution >= 4 is 6.09 Å². The number of carbonyl (C=O) groups is 1. The van der Waals surface area contributed by atoms with Crippen LogP contribution in [-0.2, 0) is 0 Å². The van der Waals surface area contributed by atoms with E-state index in [1.165, 1.54) is 4.90 Å². The number of nitrogens with zero attached hydrogens (tertiary/aromatic N) is 1. The Morgan fingerprint density at radius 2 is 2.12 bits per heavy atom. The third-order valence-electron chi connectivity index (χ3n) is 2.30. The molecule has 1 atom stereocenters. The number of nitrogens with one attached hydrogen (secondary N) is 1. The second-order valence-corrected chi connectivity index (χ2v) is 4.80. The number of carboxylic acid groups (broad SMARTS) is 1. The molecule has 92 valence electrons. The van der Waals surface area contributed by atoms with Gasteiger partial charge in [-0.15, -0.1) is 6.42 Å². The molecule has 4 nitrogen and oxygen atoms in total. The fraction of sp³-hybridized carbons (Fsp3) is 0.750. The number of amides is 1. The van der Waals surface area contributed by atoms with E-state index >= 15 is 0 Å². The largest absolute Gasteiger partial charge is 0.465 e. The first-order valence-corrected chi connectivity index (χ1v) is 5.49. The van der Waals surface area contributed by atoms with Crippen LogP contribution in [0.2, 0.25) is 0 Å². The van der Waals surface area contributed by atoms with E-state index in [9.17, 15) is 4.79 Å². The summed E-state index contributed by atoms with van der Waals surface area (Å²) in [6.07, 6.45) is 5.10. The maximum Gasteiger partial charge on any atom is 0.407 e. The topological polar surface area (TPSA) is 52.6 Å². The average molecular weight is 226 g/mol. The summed E-state index contributed by atoms with van der Waals surface area (Å²) in [5.41, 5.74) is -0.358. The van der Waals surface area contributed by atoms with Gasteiger partial charge in [-0.2, -0.15) is 0 Å². The van der Waals surface area contributed by atoms with Crippen molar-refractivity contribution in [2.24, 2.45) is 0 Å². The SMILES string of the molecule is C#CC(C)NCCCN(C(=O)O)C(C)(C)C. The third kappa shape index (κ3) is 5.62. The van der Waals surface area contributed by atoms with Crippen LogP contribution >= 0.6 is 0 Å². The van der Waals surface area contributed by atoms with Gasteiger partial charge in [0.25, 0.3) is 0 Å². The van der Waals surface area contributed by atoms with E-state index in [0.29, 0.717) is 6.54 Å². The van der Waals surface area contributed by atoms with Crippen molar-refractivity contribution in [2.75, 3.05) is 13.1 Å². The van der Waals surface area contributed by atoms with Crippen LogP contribution < -0.4 is 5.32 Å². The normalized spacial score (nSPS) is 12.9. The van der Waals surface area contributed by atoms with Gasteiger partial charge in [-0.3, -0.25) is 0 Å². The lowest BCUT2D eigenvalue weighted by Gasteiger charge is -2.33. The van der Waals surface area contributed by atoms with Crippen LogP contribution in [-0.4, -0.2) is 40.8 Å². The molecule has 0 rings (SSSR count). The van der Waals surface area contributed by atoms with Gasteiger partial charge in [0.05, 0.1) is 6.04 Å². The molecule has 0 radical (unpaired) electrons. The first-order chi connectivity index (χ1) is 7.29. The smallest absolute Gasteiger partial charge is 0.407 e. The second-order valence-electron chi connectivity index (χ2n) is 4.80. The van der Waals surface area contributed by atoms with E-state index in [4.69, 9.17) is 11.5 Å². The summed E-state index contributed by atoms with van der Waals surface area (Å²) in [5.74, 6) is 2.57. The first kappa shape index (κ1) is 14.8.